The van der Waals surface area contributed by atoms with E-state index in [0.717, 1.165) is 25.9 Å². The Kier molecular flexibility index (Phi) is 6.15. The second-order valence-electron chi connectivity index (χ2n) is 5.76. The van der Waals surface area contributed by atoms with Gasteiger partial charge < -0.3 is 15.0 Å². The molecular weight excluding hydrogens is 314 g/mol. The summed E-state index contributed by atoms with van der Waals surface area (Å²) in [5.41, 5.74) is 0.216. The predicted octanol–water partition coefficient (Wildman–Crippen LogP) is 2.54. The number of piperidine rings is 1. The molecule has 1 N–H and O–H groups in total. The Labute approximate surface area is 140 Å². The smallest absolute Gasteiger partial charge is 0.358 e. The van der Waals surface area contributed by atoms with Gasteiger partial charge in [-0.1, -0.05) is 13.0 Å². The molecule has 1 unspecified atom stereocenters. The number of likely N-dealkylation sites (tertiary alicyclic amines) is 1. The molecule has 2 heterocycles. The molecule has 0 radical (unpaired) electrons. The van der Waals surface area contributed by atoms with Gasteiger partial charge in [-0.15, -0.1) is 17.9 Å². The first kappa shape index (κ1) is 17.5. The summed E-state index contributed by atoms with van der Waals surface area (Å²) < 4.78 is 5.26. The zero-order chi connectivity index (χ0) is 16.8. The number of nitrogens with zero attached hydrogens (tertiary/aromatic N) is 2. The number of carbonyl (C=O) groups excluding carboxylic acids is 2. The molecule has 7 heteroatoms. The summed E-state index contributed by atoms with van der Waals surface area (Å²) in [7, 11) is 0. The molecule has 1 aliphatic heterocycles. The largest absolute Gasteiger partial charge is 0.448 e. The SMILES string of the molecule is C=CCNc1nc(C(=O)OC(C)C(=O)N2CCC(C)CC2)cs1. The maximum Gasteiger partial charge on any atom is 0.358 e. The summed E-state index contributed by atoms with van der Waals surface area (Å²) in [6, 6.07) is 0. The minimum Gasteiger partial charge on any atom is -0.448 e. The minimum atomic E-state index is -0.790. The Morgan fingerprint density at radius 2 is 2.26 bits per heavy atom. The topological polar surface area (TPSA) is 71.5 Å². The number of hydrogen-bond donors (Lipinski definition) is 1. The Bertz CT molecular complexity index is 565. The van der Waals surface area contributed by atoms with Crippen molar-refractivity contribution in [1.82, 2.24) is 9.88 Å². The van der Waals surface area contributed by atoms with Gasteiger partial charge in [0, 0.05) is 25.0 Å². The second-order valence-corrected chi connectivity index (χ2v) is 6.62. The Morgan fingerprint density at radius 1 is 1.57 bits per heavy atom. The van der Waals surface area contributed by atoms with Crippen molar-refractivity contribution in [3.63, 3.8) is 0 Å². The van der Waals surface area contributed by atoms with Crippen molar-refractivity contribution in [2.24, 2.45) is 5.92 Å². The zero-order valence-electron chi connectivity index (χ0n) is 13.6. The van der Waals surface area contributed by atoms with Crippen molar-refractivity contribution < 1.29 is 14.3 Å². The van der Waals surface area contributed by atoms with Crippen LogP contribution in [0.4, 0.5) is 5.13 Å². The molecule has 126 valence electrons. The van der Waals surface area contributed by atoms with Crippen LogP contribution in [0.3, 0.4) is 0 Å². The summed E-state index contributed by atoms with van der Waals surface area (Å²) in [5, 5.41) is 5.25. The van der Waals surface area contributed by atoms with Gasteiger partial charge >= 0.3 is 5.97 Å². The van der Waals surface area contributed by atoms with E-state index >= 15 is 0 Å². The molecule has 1 amide bonds. The summed E-state index contributed by atoms with van der Waals surface area (Å²) in [4.78, 5) is 30.3. The van der Waals surface area contributed by atoms with Gasteiger partial charge in [0.25, 0.3) is 5.91 Å². The molecule has 1 saturated heterocycles. The number of thiazole rings is 1. The predicted molar refractivity (Wildman–Crippen MR) is 90.7 cm³/mol. The van der Waals surface area contributed by atoms with Crippen LogP contribution in [0.5, 0.6) is 0 Å². The first-order valence-electron chi connectivity index (χ1n) is 7.81. The highest BCUT2D eigenvalue weighted by Gasteiger charge is 2.27. The van der Waals surface area contributed by atoms with E-state index in [1.807, 2.05) is 0 Å². The molecule has 1 atom stereocenters. The highest BCUT2D eigenvalue weighted by atomic mass is 32.1. The van der Waals surface area contributed by atoms with Crippen LogP contribution in [0, 0.1) is 5.92 Å². The molecule has 23 heavy (non-hydrogen) atoms. The third-order valence-corrected chi connectivity index (χ3v) is 4.64. The van der Waals surface area contributed by atoms with Crippen LogP contribution in [0.1, 0.15) is 37.2 Å². The van der Waals surface area contributed by atoms with Crippen molar-refractivity contribution in [3.05, 3.63) is 23.7 Å². The highest BCUT2D eigenvalue weighted by Crippen LogP contribution is 2.19. The van der Waals surface area contributed by atoms with Crippen LogP contribution in [-0.4, -0.2) is 47.5 Å². The maximum atomic E-state index is 12.3. The summed E-state index contributed by atoms with van der Waals surface area (Å²) in [6.07, 6.45) is 2.91. The molecule has 2 rings (SSSR count). The van der Waals surface area contributed by atoms with Crippen molar-refractivity contribution >= 4 is 28.3 Å². The number of aromatic nitrogens is 1. The van der Waals surface area contributed by atoms with E-state index in [9.17, 15) is 9.59 Å². The van der Waals surface area contributed by atoms with E-state index in [1.54, 1.807) is 23.3 Å². The molecule has 1 aromatic heterocycles. The monoisotopic (exact) mass is 337 g/mol. The number of amides is 1. The lowest BCUT2D eigenvalue weighted by atomic mass is 9.99. The van der Waals surface area contributed by atoms with Gasteiger partial charge in [0.15, 0.2) is 16.9 Å². The van der Waals surface area contributed by atoms with E-state index in [1.165, 1.54) is 11.3 Å². The van der Waals surface area contributed by atoms with Crippen molar-refractivity contribution in [1.29, 1.82) is 0 Å². The molecule has 0 aliphatic carbocycles. The van der Waals surface area contributed by atoms with Gasteiger partial charge in [-0.2, -0.15) is 0 Å². The van der Waals surface area contributed by atoms with Crippen molar-refractivity contribution in [3.8, 4) is 0 Å². The Hall–Kier alpha value is -1.89. The molecule has 1 aliphatic rings. The molecule has 6 nitrogen and oxygen atoms in total. The lowest BCUT2D eigenvalue weighted by Crippen LogP contribution is -2.44. The first-order chi connectivity index (χ1) is 11.0. The lowest BCUT2D eigenvalue weighted by molar-refractivity contribution is -0.141. The van der Waals surface area contributed by atoms with Gasteiger partial charge in [0.1, 0.15) is 0 Å². The Balaban J connectivity index is 1.87. The van der Waals surface area contributed by atoms with E-state index in [4.69, 9.17) is 4.74 Å². The van der Waals surface area contributed by atoms with E-state index < -0.39 is 12.1 Å². The standard InChI is InChI=1S/C16H23N3O3S/c1-4-7-17-16-18-13(10-23-16)15(21)22-12(3)14(20)19-8-5-11(2)6-9-19/h4,10-12H,1,5-9H2,2-3H3,(H,17,18). The molecular formula is C16H23N3O3S. The summed E-state index contributed by atoms with van der Waals surface area (Å²) in [5.74, 6) is -0.0574. The number of esters is 1. The first-order valence-corrected chi connectivity index (χ1v) is 8.69. The second kappa shape index (κ2) is 8.10. The molecule has 0 spiro atoms. The number of carbonyl (C=O) groups is 2. The third kappa shape index (κ3) is 4.79. The van der Waals surface area contributed by atoms with Crippen LogP contribution < -0.4 is 5.32 Å². The average molecular weight is 337 g/mol. The van der Waals surface area contributed by atoms with E-state index in [0.29, 0.717) is 17.6 Å². The van der Waals surface area contributed by atoms with Gasteiger partial charge in [-0.25, -0.2) is 9.78 Å². The zero-order valence-corrected chi connectivity index (χ0v) is 14.4. The molecule has 0 aromatic carbocycles. The number of nitrogens with one attached hydrogen (secondary N) is 1. The molecule has 1 fully saturated rings. The fourth-order valence-corrected chi connectivity index (χ4v) is 3.06. The number of anilines is 1. The highest BCUT2D eigenvalue weighted by molar-refractivity contribution is 7.13. The van der Waals surface area contributed by atoms with E-state index in [2.05, 4.69) is 23.8 Å². The van der Waals surface area contributed by atoms with Crippen LogP contribution in [0.15, 0.2) is 18.0 Å². The van der Waals surface area contributed by atoms with Crippen molar-refractivity contribution in [2.75, 3.05) is 25.0 Å². The van der Waals surface area contributed by atoms with Gasteiger partial charge in [-0.05, 0) is 25.7 Å². The van der Waals surface area contributed by atoms with Gasteiger partial charge in [-0.3, -0.25) is 4.79 Å². The normalized spacial score (nSPS) is 16.7. The fraction of sp³-hybridized carbons (Fsp3) is 0.562. The van der Waals surface area contributed by atoms with Crippen LogP contribution >= 0.6 is 11.3 Å². The maximum absolute atomic E-state index is 12.3. The number of rotatable bonds is 6. The molecule has 1 aromatic rings. The Morgan fingerprint density at radius 3 is 2.91 bits per heavy atom. The van der Waals surface area contributed by atoms with Crippen LogP contribution in [0.25, 0.3) is 0 Å². The third-order valence-electron chi connectivity index (χ3n) is 3.84. The van der Waals surface area contributed by atoms with Gasteiger partial charge in [0.05, 0.1) is 0 Å². The van der Waals surface area contributed by atoms with Gasteiger partial charge in [0.2, 0.25) is 0 Å². The van der Waals surface area contributed by atoms with Crippen LogP contribution in [0.2, 0.25) is 0 Å². The summed E-state index contributed by atoms with van der Waals surface area (Å²) >= 11 is 1.32. The number of ether oxygens (including phenoxy) is 1. The minimum absolute atomic E-state index is 0.134. The number of hydrogen-bond acceptors (Lipinski definition) is 6. The van der Waals surface area contributed by atoms with Crippen molar-refractivity contribution in [2.45, 2.75) is 32.8 Å². The molecule has 0 saturated carbocycles. The summed E-state index contributed by atoms with van der Waals surface area (Å²) in [6.45, 7) is 9.44. The van der Waals surface area contributed by atoms with Crippen LogP contribution in [-0.2, 0) is 9.53 Å². The quantitative estimate of drug-likeness (QED) is 0.638. The van der Waals surface area contributed by atoms with E-state index in [-0.39, 0.29) is 11.6 Å². The lowest BCUT2D eigenvalue weighted by Gasteiger charge is -2.31. The average Bonchev–Trinajstić information content (AvgIpc) is 3.02. The molecule has 0 bridgehead atoms. The fourth-order valence-electron chi connectivity index (χ4n) is 2.37.